The minimum absolute atomic E-state index is 0.386. The molecule has 0 unspecified atom stereocenters. The molecule has 0 amide bonds. The van der Waals surface area contributed by atoms with Gasteiger partial charge in [-0.3, -0.25) is 0 Å². The number of hydrogen-bond acceptors (Lipinski definition) is 5. The molecule has 0 radical (unpaired) electrons. The van der Waals surface area contributed by atoms with Crippen LogP contribution >= 0.6 is 24.0 Å². The van der Waals surface area contributed by atoms with E-state index in [1.807, 2.05) is 38.3 Å². The fraction of sp³-hybridized carbons (Fsp3) is 0.286. The quantitative estimate of drug-likeness (QED) is 0.653. The fourth-order valence-corrected chi connectivity index (χ4v) is 2.81. The largest absolute Gasteiger partial charge is 0.444 e. The summed E-state index contributed by atoms with van der Waals surface area (Å²) in [5.74, 6) is 1.50. The molecule has 0 bridgehead atoms. The van der Waals surface area contributed by atoms with Crippen LogP contribution in [0.4, 0.5) is 5.69 Å². The second-order valence-electron chi connectivity index (χ2n) is 4.35. The Morgan fingerprint density at radius 3 is 2.75 bits per heavy atom. The van der Waals surface area contributed by atoms with Gasteiger partial charge in [-0.05, 0) is 32.2 Å². The van der Waals surface area contributed by atoms with Gasteiger partial charge in [0, 0.05) is 16.1 Å². The molecule has 2 aromatic rings. The predicted molar refractivity (Wildman–Crippen MR) is 87.4 cm³/mol. The Labute approximate surface area is 128 Å². The molecule has 1 heterocycles. The molecule has 20 heavy (non-hydrogen) atoms. The van der Waals surface area contributed by atoms with Gasteiger partial charge >= 0.3 is 0 Å². The molecule has 1 aromatic carbocycles. The number of hydrogen-bond donors (Lipinski definition) is 2. The average molecular weight is 307 g/mol. The van der Waals surface area contributed by atoms with Crippen molar-refractivity contribution in [3.8, 4) is 0 Å². The molecule has 6 heteroatoms. The summed E-state index contributed by atoms with van der Waals surface area (Å²) in [4.78, 5) is 5.79. The van der Waals surface area contributed by atoms with Gasteiger partial charge < -0.3 is 15.5 Å². The van der Waals surface area contributed by atoms with Crippen LogP contribution in [0.3, 0.4) is 0 Å². The molecule has 0 saturated carbocycles. The van der Waals surface area contributed by atoms with Crippen LogP contribution in [0.2, 0.25) is 0 Å². The van der Waals surface area contributed by atoms with Crippen LogP contribution < -0.4 is 11.1 Å². The maximum Gasteiger partial charge on any atom is 0.213 e. The lowest BCUT2D eigenvalue weighted by Gasteiger charge is -2.13. The SMILES string of the molecule is CSc1cccc(NCc2nc(C)c(C)o2)c1C(N)=S. The number of oxazole rings is 1. The Hall–Kier alpha value is -1.53. The highest BCUT2D eigenvalue weighted by Crippen LogP contribution is 2.27. The number of rotatable bonds is 5. The summed E-state index contributed by atoms with van der Waals surface area (Å²) in [5, 5.41) is 3.29. The summed E-state index contributed by atoms with van der Waals surface area (Å²) in [7, 11) is 0. The molecule has 1 aromatic heterocycles. The minimum Gasteiger partial charge on any atom is -0.444 e. The summed E-state index contributed by atoms with van der Waals surface area (Å²) in [6.07, 6.45) is 2.00. The second kappa shape index (κ2) is 6.28. The maximum absolute atomic E-state index is 5.83. The highest BCUT2D eigenvalue weighted by Gasteiger charge is 2.12. The van der Waals surface area contributed by atoms with Crippen molar-refractivity contribution in [2.75, 3.05) is 11.6 Å². The third kappa shape index (κ3) is 3.13. The van der Waals surface area contributed by atoms with Crippen molar-refractivity contribution in [3.63, 3.8) is 0 Å². The summed E-state index contributed by atoms with van der Waals surface area (Å²) in [5.41, 5.74) is 8.51. The normalized spacial score (nSPS) is 10.6. The van der Waals surface area contributed by atoms with E-state index in [9.17, 15) is 0 Å². The standard InChI is InChI=1S/C14H17N3OS2/c1-8-9(2)18-12(17-8)7-16-10-5-4-6-11(20-3)13(10)14(15)19/h4-6,16H,7H2,1-3H3,(H2,15,19). The molecule has 0 fully saturated rings. The molecule has 0 atom stereocenters. The van der Waals surface area contributed by atoms with Crippen LogP contribution in [0, 0.1) is 13.8 Å². The molecule has 2 rings (SSSR count). The zero-order valence-electron chi connectivity index (χ0n) is 11.7. The number of nitrogens with zero attached hydrogens (tertiary/aromatic N) is 1. The van der Waals surface area contributed by atoms with Crippen molar-refractivity contribution in [3.05, 3.63) is 41.1 Å². The van der Waals surface area contributed by atoms with Crippen LogP contribution in [0.1, 0.15) is 22.9 Å². The van der Waals surface area contributed by atoms with Gasteiger partial charge in [0.2, 0.25) is 5.89 Å². The molecule has 4 nitrogen and oxygen atoms in total. The number of benzene rings is 1. The monoisotopic (exact) mass is 307 g/mol. The Morgan fingerprint density at radius 2 is 2.20 bits per heavy atom. The van der Waals surface area contributed by atoms with Crippen molar-refractivity contribution >= 4 is 34.7 Å². The van der Waals surface area contributed by atoms with Gasteiger partial charge in [-0.25, -0.2) is 4.98 Å². The van der Waals surface area contributed by atoms with Gasteiger partial charge in [0.15, 0.2) is 0 Å². The molecule has 106 valence electrons. The maximum atomic E-state index is 5.83. The molecule has 0 saturated heterocycles. The predicted octanol–water partition coefficient (Wildman–Crippen LogP) is 3.26. The first-order valence-corrected chi connectivity index (χ1v) is 7.79. The van der Waals surface area contributed by atoms with E-state index in [1.54, 1.807) is 11.8 Å². The van der Waals surface area contributed by atoms with Crippen molar-refractivity contribution in [1.29, 1.82) is 0 Å². The Balaban J connectivity index is 2.23. The van der Waals surface area contributed by atoms with Crippen LogP contribution in [0.25, 0.3) is 0 Å². The fourth-order valence-electron chi connectivity index (χ4n) is 1.89. The molecule has 0 spiro atoms. The first kappa shape index (κ1) is 14.9. The van der Waals surface area contributed by atoms with Crippen molar-refractivity contribution in [1.82, 2.24) is 4.98 Å². The summed E-state index contributed by atoms with van der Waals surface area (Å²) < 4.78 is 5.55. The van der Waals surface area contributed by atoms with Crippen LogP contribution in [-0.4, -0.2) is 16.2 Å². The molecule has 0 aliphatic heterocycles. The molecule has 0 aliphatic rings. The highest BCUT2D eigenvalue weighted by atomic mass is 32.2. The lowest BCUT2D eigenvalue weighted by atomic mass is 10.1. The zero-order chi connectivity index (χ0) is 14.7. The van der Waals surface area contributed by atoms with E-state index in [2.05, 4.69) is 10.3 Å². The number of thiocarbonyl (C=S) groups is 1. The van der Waals surface area contributed by atoms with E-state index in [4.69, 9.17) is 22.4 Å². The third-order valence-electron chi connectivity index (χ3n) is 3.00. The molecule has 3 N–H and O–H groups in total. The van der Waals surface area contributed by atoms with E-state index >= 15 is 0 Å². The van der Waals surface area contributed by atoms with Gasteiger partial charge in [-0.15, -0.1) is 11.8 Å². The van der Waals surface area contributed by atoms with E-state index in [-0.39, 0.29) is 0 Å². The van der Waals surface area contributed by atoms with Gasteiger partial charge in [-0.2, -0.15) is 0 Å². The number of aryl methyl sites for hydroxylation is 2. The van der Waals surface area contributed by atoms with Gasteiger partial charge in [0.1, 0.15) is 10.7 Å². The van der Waals surface area contributed by atoms with E-state index in [1.165, 1.54) is 0 Å². The first-order valence-electron chi connectivity index (χ1n) is 6.16. The van der Waals surface area contributed by atoms with E-state index in [0.717, 1.165) is 27.6 Å². The first-order chi connectivity index (χ1) is 9.52. The third-order valence-corrected chi connectivity index (χ3v) is 3.98. The van der Waals surface area contributed by atoms with E-state index in [0.29, 0.717) is 17.4 Å². The van der Waals surface area contributed by atoms with Gasteiger partial charge in [-0.1, -0.05) is 18.3 Å². The van der Waals surface area contributed by atoms with Crippen LogP contribution in [0.5, 0.6) is 0 Å². The average Bonchev–Trinajstić information content (AvgIpc) is 2.74. The summed E-state index contributed by atoms with van der Waals surface area (Å²) in [6, 6.07) is 5.93. The highest BCUT2D eigenvalue weighted by molar-refractivity contribution is 7.98. The van der Waals surface area contributed by atoms with Crippen LogP contribution in [0.15, 0.2) is 27.5 Å². The number of aromatic nitrogens is 1. The topological polar surface area (TPSA) is 64.1 Å². The summed E-state index contributed by atoms with van der Waals surface area (Å²) in [6.45, 7) is 4.33. The zero-order valence-corrected chi connectivity index (χ0v) is 13.3. The number of nitrogens with two attached hydrogens (primary N) is 1. The van der Waals surface area contributed by atoms with E-state index < -0.39 is 0 Å². The lowest BCUT2D eigenvalue weighted by molar-refractivity contribution is 0.478. The van der Waals surface area contributed by atoms with Crippen LogP contribution in [-0.2, 0) is 6.54 Å². The number of thioether (sulfide) groups is 1. The number of anilines is 1. The molecule has 0 aliphatic carbocycles. The summed E-state index contributed by atoms with van der Waals surface area (Å²) >= 11 is 6.76. The Kier molecular flexibility index (Phi) is 4.67. The Morgan fingerprint density at radius 1 is 1.45 bits per heavy atom. The molecular formula is C14H17N3OS2. The van der Waals surface area contributed by atoms with Gasteiger partial charge in [0.25, 0.3) is 0 Å². The van der Waals surface area contributed by atoms with Crippen molar-refractivity contribution < 1.29 is 4.42 Å². The Bertz CT molecular complexity index is 618. The molecular weight excluding hydrogens is 290 g/mol. The van der Waals surface area contributed by atoms with Crippen molar-refractivity contribution in [2.24, 2.45) is 5.73 Å². The minimum atomic E-state index is 0.386. The lowest BCUT2D eigenvalue weighted by Crippen LogP contribution is -2.14. The smallest absolute Gasteiger partial charge is 0.213 e. The van der Waals surface area contributed by atoms with Gasteiger partial charge in [0.05, 0.1) is 12.2 Å². The second-order valence-corrected chi connectivity index (χ2v) is 5.64. The van der Waals surface area contributed by atoms with Crippen molar-refractivity contribution in [2.45, 2.75) is 25.3 Å². The number of nitrogens with one attached hydrogen (secondary N) is 1.